The fraction of sp³-hybridized carbons (Fsp3) is 0.294. The van der Waals surface area contributed by atoms with Crippen LogP contribution in [0.5, 0.6) is 0 Å². The van der Waals surface area contributed by atoms with Gasteiger partial charge in [-0.15, -0.1) is 0 Å². The van der Waals surface area contributed by atoms with Gasteiger partial charge in [0.2, 0.25) is 0 Å². The molecule has 4 rings (SSSR count). The van der Waals surface area contributed by atoms with Crippen molar-refractivity contribution in [1.29, 1.82) is 0 Å². The SMILES string of the molecule is Cc1cccc2nc(C(=O)N3CCCC3c3cnccn3)cn12. The van der Waals surface area contributed by atoms with Crippen molar-refractivity contribution in [3.63, 3.8) is 0 Å². The Morgan fingerprint density at radius 2 is 2.22 bits per heavy atom. The number of amides is 1. The highest BCUT2D eigenvalue weighted by atomic mass is 16.2. The highest BCUT2D eigenvalue weighted by Crippen LogP contribution is 2.31. The Balaban J connectivity index is 1.68. The van der Waals surface area contributed by atoms with Crippen LogP contribution in [0.2, 0.25) is 0 Å². The molecule has 1 amide bonds. The molecule has 0 aliphatic carbocycles. The topological polar surface area (TPSA) is 63.4 Å². The number of hydrogen-bond donors (Lipinski definition) is 0. The molecule has 0 radical (unpaired) electrons. The van der Waals surface area contributed by atoms with Crippen molar-refractivity contribution >= 4 is 11.6 Å². The number of rotatable bonds is 2. The summed E-state index contributed by atoms with van der Waals surface area (Å²) in [6.45, 7) is 2.73. The zero-order chi connectivity index (χ0) is 15.8. The van der Waals surface area contributed by atoms with Gasteiger partial charge in [0, 0.05) is 30.8 Å². The van der Waals surface area contributed by atoms with Gasteiger partial charge in [-0.3, -0.25) is 14.8 Å². The summed E-state index contributed by atoms with van der Waals surface area (Å²) in [5.41, 5.74) is 3.18. The second-order valence-electron chi connectivity index (χ2n) is 5.81. The molecule has 4 heterocycles. The molecule has 23 heavy (non-hydrogen) atoms. The number of imidazole rings is 1. The molecule has 0 saturated carbocycles. The van der Waals surface area contributed by atoms with Crippen LogP contribution in [0, 0.1) is 6.92 Å². The molecule has 1 aliphatic heterocycles. The fourth-order valence-corrected chi connectivity index (χ4v) is 3.20. The zero-order valence-electron chi connectivity index (χ0n) is 12.9. The first kappa shape index (κ1) is 13.9. The van der Waals surface area contributed by atoms with Crippen LogP contribution in [0.25, 0.3) is 5.65 Å². The molecule has 116 valence electrons. The number of pyridine rings is 1. The van der Waals surface area contributed by atoms with Crippen LogP contribution in [-0.2, 0) is 0 Å². The van der Waals surface area contributed by atoms with Crippen molar-refractivity contribution in [3.8, 4) is 0 Å². The minimum atomic E-state index is -0.0405. The van der Waals surface area contributed by atoms with Crippen LogP contribution in [0.4, 0.5) is 0 Å². The van der Waals surface area contributed by atoms with E-state index in [2.05, 4.69) is 15.0 Å². The minimum Gasteiger partial charge on any atom is -0.329 e. The summed E-state index contributed by atoms with van der Waals surface area (Å²) >= 11 is 0. The van der Waals surface area contributed by atoms with Crippen LogP contribution in [-0.4, -0.2) is 36.7 Å². The van der Waals surface area contributed by atoms with Gasteiger partial charge >= 0.3 is 0 Å². The third-order valence-corrected chi connectivity index (χ3v) is 4.35. The van der Waals surface area contributed by atoms with Crippen LogP contribution >= 0.6 is 0 Å². The molecule has 1 atom stereocenters. The first-order valence-electron chi connectivity index (χ1n) is 7.75. The summed E-state index contributed by atoms with van der Waals surface area (Å²) in [7, 11) is 0. The number of carbonyl (C=O) groups is 1. The normalized spacial score (nSPS) is 17.8. The van der Waals surface area contributed by atoms with Crippen molar-refractivity contribution in [2.75, 3.05) is 6.54 Å². The highest BCUT2D eigenvalue weighted by molar-refractivity contribution is 5.93. The number of carbonyl (C=O) groups excluding carboxylic acids is 1. The molecule has 0 spiro atoms. The lowest BCUT2D eigenvalue weighted by Gasteiger charge is -2.23. The Morgan fingerprint density at radius 1 is 1.30 bits per heavy atom. The first-order valence-corrected chi connectivity index (χ1v) is 7.75. The van der Waals surface area contributed by atoms with Gasteiger partial charge in [-0.1, -0.05) is 6.07 Å². The van der Waals surface area contributed by atoms with Crippen molar-refractivity contribution in [2.45, 2.75) is 25.8 Å². The van der Waals surface area contributed by atoms with Gasteiger partial charge < -0.3 is 9.30 Å². The molecule has 1 saturated heterocycles. The van der Waals surface area contributed by atoms with Crippen molar-refractivity contribution in [3.05, 3.63) is 60.1 Å². The Morgan fingerprint density at radius 3 is 3.00 bits per heavy atom. The Kier molecular flexibility index (Phi) is 3.29. The third kappa shape index (κ3) is 2.36. The summed E-state index contributed by atoms with van der Waals surface area (Å²) in [6.07, 6.45) is 8.76. The molecule has 1 unspecified atom stereocenters. The molecule has 6 nitrogen and oxygen atoms in total. The van der Waals surface area contributed by atoms with Crippen molar-refractivity contribution < 1.29 is 4.79 Å². The summed E-state index contributed by atoms with van der Waals surface area (Å²) in [6, 6.07) is 5.85. The summed E-state index contributed by atoms with van der Waals surface area (Å²) in [5.74, 6) is -0.0405. The molecule has 0 aromatic carbocycles. The number of likely N-dealkylation sites (tertiary alicyclic amines) is 1. The van der Waals surface area contributed by atoms with E-state index in [1.807, 2.05) is 40.6 Å². The molecule has 1 fully saturated rings. The smallest absolute Gasteiger partial charge is 0.274 e. The van der Waals surface area contributed by atoms with Crippen molar-refractivity contribution in [2.24, 2.45) is 0 Å². The number of nitrogens with zero attached hydrogens (tertiary/aromatic N) is 5. The zero-order valence-corrected chi connectivity index (χ0v) is 12.9. The second kappa shape index (κ2) is 5.46. The van der Waals surface area contributed by atoms with Gasteiger partial charge in [0.1, 0.15) is 11.3 Å². The Bertz CT molecular complexity index is 858. The van der Waals surface area contributed by atoms with E-state index in [1.54, 1.807) is 18.6 Å². The number of aryl methyl sites for hydroxylation is 1. The van der Waals surface area contributed by atoms with Crippen molar-refractivity contribution in [1.82, 2.24) is 24.3 Å². The predicted octanol–water partition coefficient (Wildman–Crippen LogP) is 2.41. The van der Waals surface area contributed by atoms with E-state index in [4.69, 9.17) is 0 Å². The number of fused-ring (bicyclic) bond motifs is 1. The maximum absolute atomic E-state index is 12.9. The maximum Gasteiger partial charge on any atom is 0.274 e. The van der Waals surface area contributed by atoms with Crippen LogP contribution in [0.3, 0.4) is 0 Å². The quantitative estimate of drug-likeness (QED) is 0.729. The largest absolute Gasteiger partial charge is 0.329 e. The highest BCUT2D eigenvalue weighted by Gasteiger charge is 2.32. The molecule has 0 N–H and O–H groups in total. The van der Waals surface area contributed by atoms with Gasteiger partial charge in [0.05, 0.1) is 17.9 Å². The molecular weight excluding hydrogens is 290 g/mol. The standard InChI is InChI=1S/C17H17N5O/c1-12-4-2-6-16-20-14(11-22(12)16)17(23)21-9-3-5-15(21)13-10-18-7-8-19-13/h2,4,6-8,10-11,15H,3,5,9H2,1H3. The van der Waals surface area contributed by atoms with E-state index >= 15 is 0 Å². The van der Waals surface area contributed by atoms with Gasteiger partial charge in [-0.25, -0.2) is 4.98 Å². The van der Waals surface area contributed by atoms with E-state index in [1.165, 1.54) is 0 Å². The lowest BCUT2D eigenvalue weighted by atomic mass is 10.1. The van der Waals surface area contributed by atoms with E-state index in [0.29, 0.717) is 5.69 Å². The van der Waals surface area contributed by atoms with Crippen LogP contribution in [0.15, 0.2) is 43.0 Å². The van der Waals surface area contributed by atoms with Gasteiger partial charge in [-0.05, 0) is 31.9 Å². The summed E-state index contributed by atoms with van der Waals surface area (Å²) < 4.78 is 1.95. The van der Waals surface area contributed by atoms with Crippen LogP contribution in [0.1, 0.15) is 40.8 Å². The molecule has 0 bridgehead atoms. The maximum atomic E-state index is 12.9. The van der Waals surface area contributed by atoms with Gasteiger partial charge in [0.15, 0.2) is 0 Å². The molecular formula is C17H17N5O. The molecule has 3 aromatic heterocycles. The average molecular weight is 307 g/mol. The average Bonchev–Trinajstić information content (AvgIpc) is 3.23. The predicted molar refractivity (Wildman–Crippen MR) is 85.0 cm³/mol. The Labute approximate surface area is 133 Å². The third-order valence-electron chi connectivity index (χ3n) is 4.35. The molecule has 1 aliphatic rings. The number of aromatic nitrogens is 4. The second-order valence-corrected chi connectivity index (χ2v) is 5.81. The lowest BCUT2D eigenvalue weighted by molar-refractivity contribution is 0.0727. The molecule has 6 heteroatoms. The molecule has 3 aromatic rings. The summed E-state index contributed by atoms with van der Waals surface area (Å²) in [5, 5.41) is 0. The van der Waals surface area contributed by atoms with E-state index in [9.17, 15) is 4.79 Å². The lowest BCUT2D eigenvalue weighted by Crippen LogP contribution is -2.31. The fourth-order valence-electron chi connectivity index (χ4n) is 3.20. The van der Waals surface area contributed by atoms with Crippen LogP contribution < -0.4 is 0 Å². The van der Waals surface area contributed by atoms with E-state index < -0.39 is 0 Å². The van der Waals surface area contributed by atoms with Gasteiger partial charge in [0.25, 0.3) is 5.91 Å². The summed E-state index contributed by atoms with van der Waals surface area (Å²) in [4.78, 5) is 27.7. The first-order chi connectivity index (χ1) is 11.2. The minimum absolute atomic E-state index is 0.0119. The Hall–Kier alpha value is -2.76. The number of hydrogen-bond acceptors (Lipinski definition) is 4. The van der Waals surface area contributed by atoms with E-state index in [0.717, 1.165) is 36.4 Å². The van der Waals surface area contributed by atoms with E-state index in [-0.39, 0.29) is 11.9 Å². The van der Waals surface area contributed by atoms with Gasteiger partial charge in [-0.2, -0.15) is 0 Å². The monoisotopic (exact) mass is 307 g/mol.